The van der Waals surface area contributed by atoms with Crippen LogP contribution in [0.15, 0.2) is 35.2 Å². The summed E-state index contributed by atoms with van der Waals surface area (Å²) in [6.45, 7) is 7.21. The van der Waals surface area contributed by atoms with Gasteiger partial charge in [0.25, 0.3) is 5.91 Å². The Labute approximate surface area is 163 Å². The Bertz CT molecular complexity index is 937. The number of nitrogens with one attached hydrogen (secondary N) is 2. The molecule has 2 rings (SSSR count). The van der Waals surface area contributed by atoms with Gasteiger partial charge >= 0.3 is 0 Å². The van der Waals surface area contributed by atoms with Crippen molar-refractivity contribution in [3.05, 3.63) is 57.1 Å². The molecule has 0 aliphatic rings. The standard InChI is InChI=1S/C18H20Cl2N2O3S/c1-10(2)22-26(24,25)17-8-14(15(19)9-16(17)20)18(23)21-13-6-11(3)5-12(4)7-13/h5-10,22H,1-4H3,(H,21,23). The Morgan fingerprint density at radius 2 is 1.54 bits per heavy atom. The Morgan fingerprint density at radius 3 is 2.08 bits per heavy atom. The minimum atomic E-state index is -3.87. The first-order chi connectivity index (χ1) is 12.0. The zero-order chi connectivity index (χ0) is 19.6. The second-order valence-electron chi connectivity index (χ2n) is 6.37. The minimum Gasteiger partial charge on any atom is -0.322 e. The van der Waals surface area contributed by atoms with Gasteiger partial charge in [0, 0.05) is 11.7 Å². The number of hydrogen-bond acceptors (Lipinski definition) is 3. The van der Waals surface area contributed by atoms with E-state index in [1.54, 1.807) is 13.8 Å². The van der Waals surface area contributed by atoms with Gasteiger partial charge in [-0.1, -0.05) is 29.3 Å². The van der Waals surface area contributed by atoms with Crippen LogP contribution < -0.4 is 10.0 Å². The quantitative estimate of drug-likeness (QED) is 0.753. The predicted octanol–water partition coefficient (Wildman–Crippen LogP) is 4.55. The van der Waals surface area contributed by atoms with Gasteiger partial charge in [0.05, 0.1) is 15.6 Å². The lowest BCUT2D eigenvalue weighted by Gasteiger charge is -2.14. The summed E-state index contributed by atoms with van der Waals surface area (Å²) in [6, 6.07) is 7.73. The Hall–Kier alpha value is -1.60. The molecule has 0 spiro atoms. The number of amides is 1. The molecule has 2 aromatic rings. The van der Waals surface area contributed by atoms with Crippen LogP contribution in [0.5, 0.6) is 0 Å². The lowest BCUT2D eigenvalue weighted by Crippen LogP contribution is -2.30. The molecule has 1 amide bonds. The summed E-state index contributed by atoms with van der Waals surface area (Å²) < 4.78 is 27.3. The molecule has 2 aromatic carbocycles. The van der Waals surface area contributed by atoms with E-state index in [2.05, 4.69) is 10.0 Å². The van der Waals surface area contributed by atoms with Crippen LogP contribution in [0.1, 0.15) is 35.3 Å². The molecule has 0 fully saturated rings. The van der Waals surface area contributed by atoms with Crippen molar-refractivity contribution in [1.82, 2.24) is 4.72 Å². The summed E-state index contributed by atoms with van der Waals surface area (Å²) in [6.07, 6.45) is 0. The van der Waals surface area contributed by atoms with Crippen LogP contribution in [0.2, 0.25) is 10.0 Å². The summed E-state index contributed by atoms with van der Waals surface area (Å²) >= 11 is 12.2. The van der Waals surface area contributed by atoms with Crippen molar-refractivity contribution < 1.29 is 13.2 Å². The Morgan fingerprint density at radius 1 is 0.962 bits per heavy atom. The largest absolute Gasteiger partial charge is 0.322 e. The molecule has 0 saturated heterocycles. The number of carbonyl (C=O) groups excluding carboxylic acids is 1. The maximum absolute atomic E-state index is 12.6. The fraction of sp³-hybridized carbons (Fsp3) is 0.278. The normalized spacial score (nSPS) is 11.7. The first-order valence-corrected chi connectivity index (χ1v) is 10.1. The SMILES string of the molecule is Cc1cc(C)cc(NC(=O)c2cc(S(=O)(=O)NC(C)C)c(Cl)cc2Cl)c1. The van der Waals surface area contributed by atoms with Crippen LogP contribution in [0.4, 0.5) is 5.69 Å². The van der Waals surface area contributed by atoms with Gasteiger partial charge < -0.3 is 5.32 Å². The molecular formula is C18H20Cl2N2O3S. The topological polar surface area (TPSA) is 75.3 Å². The third-order valence-corrected chi connectivity index (χ3v) is 5.86. The zero-order valence-corrected chi connectivity index (χ0v) is 17.2. The van der Waals surface area contributed by atoms with Crippen molar-refractivity contribution in [3.8, 4) is 0 Å². The van der Waals surface area contributed by atoms with Gasteiger partial charge in [-0.2, -0.15) is 0 Å². The van der Waals surface area contributed by atoms with E-state index >= 15 is 0 Å². The third kappa shape index (κ3) is 4.98. The van der Waals surface area contributed by atoms with Crippen molar-refractivity contribution in [2.24, 2.45) is 0 Å². The molecule has 8 heteroatoms. The van der Waals surface area contributed by atoms with Gasteiger partial charge in [-0.05, 0) is 63.1 Å². The van der Waals surface area contributed by atoms with E-state index in [0.29, 0.717) is 5.69 Å². The maximum Gasteiger partial charge on any atom is 0.257 e. The fourth-order valence-electron chi connectivity index (χ4n) is 2.53. The van der Waals surface area contributed by atoms with Gasteiger partial charge in [-0.3, -0.25) is 4.79 Å². The molecule has 140 valence electrons. The summed E-state index contributed by atoms with van der Waals surface area (Å²) in [4.78, 5) is 12.4. The van der Waals surface area contributed by atoms with Crippen molar-refractivity contribution >= 4 is 44.8 Å². The lowest BCUT2D eigenvalue weighted by atomic mass is 10.1. The fourth-order valence-corrected chi connectivity index (χ4v) is 4.64. The molecule has 0 aliphatic heterocycles. The van der Waals surface area contributed by atoms with Crippen molar-refractivity contribution in [2.75, 3.05) is 5.32 Å². The van der Waals surface area contributed by atoms with Gasteiger partial charge in [0.15, 0.2) is 0 Å². The molecule has 0 heterocycles. The number of rotatable bonds is 5. The van der Waals surface area contributed by atoms with E-state index in [0.717, 1.165) is 11.1 Å². The predicted molar refractivity (Wildman–Crippen MR) is 106 cm³/mol. The van der Waals surface area contributed by atoms with Crippen LogP contribution >= 0.6 is 23.2 Å². The minimum absolute atomic E-state index is 0.0272. The monoisotopic (exact) mass is 414 g/mol. The smallest absolute Gasteiger partial charge is 0.257 e. The second-order valence-corrected chi connectivity index (χ2v) is 8.87. The van der Waals surface area contributed by atoms with Crippen LogP contribution in [0, 0.1) is 13.8 Å². The molecule has 0 saturated carbocycles. The molecule has 2 N–H and O–H groups in total. The molecule has 5 nitrogen and oxygen atoms in total. The molecule has 0 aliphatic carbocycles. The number of anilines is 1. The highest BCUT2D eigenvalue weighted by Crippen LogP contribution is 2.29. The van der Waals surface area contributed by atoms with E-state index in [-0.39, 0.29) is 26.5 Å². The summed E-state index contributed by atoms with van der Waals surface area (Å²) in [5.74, 6) is -0.516. The molecule has 0 aromatic heterocycles. The van der Waals surface area contributed by atoms with E-state index in [1.807, 2.05) is 32.0 Å². The van der Waals surface area contributed by atoms with Crippen LogP contribution in [-0.4, -0.2) is 20.4 Å². The number of benzene rings is 2. The number of carbonyl (C=O) groups is 1. The van der Waals surface area contributed by atoms with Gasteiger partial charge in [-0.25, -0.2) is 13.1 Å². The van der Waals surface area contributed by atoms with Crippen LogP contribution in [0.3, 0.4) is 0 Å². The number of hydrogen-bond donors (Lipinski definition) is 2. The maximum atomic E-state index is 12.6. The van der Waals surface area contributed by atoms with Crippen molar-refractivity contribution in [2.45, 2.75) is 38.6 Å². The molecular weight excluding hydrogens is 395 g/mol. The summed E-state index contributed by atoms with van der Waals surface area (Å²) in [7, 11) is -3.87. The first-order valence-electron chi connectivity index (χ1n) is 7.90. The second kappa shape index (κ2) is 7.96. The van der Waals surface area contributed by atoms with Gasteiger partial charge in [-0.15, -0.1) is 0 Å². The van der Waals surface area contributed by atoms with E-state index < -0.39 is 15.9 Å². The molecule has 0 bridgehead atoms. The van der Waals surface area contributed by atoms with Crippen LogP contribution in [-0.2, 0) is 10.0 Å². The highest BCUT2D eigenvalue weighted by Gasteiger charge is 2.23. The zero-order valence-electron chi connectivity index (χ0n) is 14.9. The van der Waals surface area contributed by atoms with Crippen molar-refractivity contribution in [1.29, 1.82) is 0 Å². The highest BCUT2D eigenvalue weighted by molar-refractivity contribution is 7.89. The van der Waals surface area contributed by atoms with Crippen molar-refractivity contribution in [3.63, 3.8) is 0 Å². The highest BCUT2D eigenvalue weighted by atomic mass is 35.5. The summed E-state index contributed by atoms with van der Waals surface area (Å²) in [5.41, 5.74) is 2.61. The average molecular weight is 415 g/mol. The van der Waals surface area contributed by atoms with Crippen LogP contribution in [0.25, 0.3) is 0 Å². The van der Waals surface area contributed by atoms with E-state index in [1.165, 1.54) is 12.1 Å². The number of aryl methyl sites for hydroxylation is 2. The summed E-state index contributed by atoms with van der Waals surface area (Å²) in [5, 5.41) is 2.76. The van der Waals surface area contributed by atoms with E-state index in [9.17, 15) is 13.2 Å². The number of sulfonamides is 1. The van der Waals surface area contributed by atoms with Gasteiger partial charge in [0.1, 0.15) is 4.90 Å². The van der Waals surface area contributed by atoms with Gasteiger partial charge in [0.2, 0.25) is 10.0 Å². The molecule has 0 radical (unpaired) electrons. The molecule has 0 unspecified atom stereocenters. The van der Waals surface area contributed by atoms with E-state index in [4.69, 9.17) is 23.2 Å². The first kappa shape index (κ1) is 20.7. The Kier molecular flexibility index (Phi) is 6.34. The Balaban J connectivity index is 2.43. The molecule has 0 atom stereocenters. The lowest BCUT2D eigenvalue weighted by molar-refractivity contribution is 0.102. The number of halogens is 2. The molecule has 26 heavy (non-hydrogen) atoms. The average Bonchev–Trinajstić information content (AvgIpc) is 2.43. The third-order valence-electron chi connectivity index (χ3n) is 3.43.